The van der Waals surface area contributed by atoms with Crippen molar-refractivity contribution in [2.24, 2.45) is 0 Å². The normalized spacial score (nSPS) is 11.4. The number of benzene rings is 1. The van der Waals surface area contributed by atoms with Gasteiger partial charge in [-0.15, -0.1) is 12.4 Å². The summed E-state index contributed by atoms with van der Waals surface area (Å²) in [4.78, 5) is 22.6. The fourth-order valence-corrected chi connectivity index (χ4v) is 2.07. The summed E-state index contributed by atoms with van der Waals surface area (Å²) in [5, 5.41) is 12.2. The highest BCUT2D eigenvalue weighted by molar-refractivity contribution is 5.94. The molecular weight excluding hydrogens is 306 g/mol. The Morgan fingerprint density at radius 2 is 2.00 bits per heavy atom. The molecule has 1 unspecified atom stereocenters. The number of carbonyl (C=O) groups excluding carboxylic acids is 1. The molecule has 0 bridgehead atoms. The number of aliphatic carboxylic acids is 1. The van der Waals surface area contributed by atoms with Crippen LogP contribution in [-0.4, -0.2) is 29.5 Å². The summed E-state index contributed by atoms with van der Waals surface area (Å²) >= 11 is 0. The van der Waals surface area contributed by atoms with Crippen LogP contribution in [-0.2, 0) is 11.3 Å². The van der Waals surface area contributed by atoms with E-state index < -0.39 is 12.0 Å². The van der Waals surface area contributed by atoms with Crippen LogP contribution in [0.2, 0.25) is 0 Å². The molecule has 0 radical (unpaired) electrons. The fourth-order valence-electron chi connectivity index (χ4n) is 2.07. The van der Waals surface area contributed by atoms with Gasteiger partial charge in [0.1, 0.15) is 11.8 Å². The van der Waals surface area contributed by atoms with Gasteiger partial charge >= 0.3 is 5.97 Å². The molecule has 0 aromatic heterocycles. The minimum atomic E-state index is -0.863. The van der Waals surface area contributed by atoms with E-state index in [9.17, 15) is 9.59 Å². The van der Waals surface area contributed by atoms with E-state index >= 15 is 0 Å². The minimum Gasteiger partial charge on any atom is -0.494 e. The number of halogens is 1. The first-order chi connectivity index (χ1) is 9.99. The van der Waals surface area contributed by atoms with Crippen LogP contribution in [0.5, 0.6) is 5.75 Å². The van der Waals surface area contributed by atoms with E-state index in [-0.39, 0.29) is 18.2 Å². The van der Waals surface area contributed by atoms with Crippen molar-refractivity contribution >= 4 is 24.2 Å². The largest absolute Gasteiger partial charge is 0.494 e. The van der Waals surface area contributed by atoms with E-state index in [1.54, 1.807) is 18.2 Å². The molecule has 0 spiro atoms. The number of ether oxygens (including phenoxy) is 1. The van der Waals surface area contributed by atoms with Crippen molar-refractivity contribution in [1.82, 2.24) is 5.32 Å². The van der Waals surface area contributed by atoms with Gasteiger partial charge in [-0.3, -0.25) is 9.59 Å². The van der Waals surface area contributed by atoms with Crippen LogP contribution in [0.1, 0.15) is 49.5 Å². The SMILES string of the molecule is CCCC(NCc1cc(C(C)=O)ccc1OCC)C(=O)O.Cl. The lowest BCUT2D eigenvalue weighted by Crippen LogP contribution is -2.36. The van der Waals surface area contributed by atoms with Gasteiger partial charge in [0.2, 0.25) is 0 Å². The second kappa shape index (κ2) is 10.2. The molecule has 1 atom stereocenters. The lowest BCUT2D eigenvalue weighted by molar-refractivity contribution is -0.139. The molecular formula is C16H24ClNO4. The van der Waals surface area contributed by atoms with Crippen LogP contribution >= 0.6 is 12.4 Å². The average molecular weight is 330 g/mol. The molecule has 1 aromatic rings. The van der Waals surface area contributed by atoms with Crippen LogP contribution < -0.4 is 10.1 Å². The predicted octanol–water partition coefficient (Wildman–Crippen LogP) is 3.05. The third-order valence-corrected chi connectivity index (χ3v) is 3.18. The van der Waals surface area contributed by atoms with Gasteiger partial charge in [-0.25, -0.2) is 0 Å². The summed E-state index contributed by atoms with van der Waals surface area (Å²) < 4.78 is 5.53. The monoisotopic (exact) mass is 329 g/mol. The van der Waals surface area contributed by atoms with Crippen molar-refractivity contribution < 1.29 is 19.4 Å². The summed E-state index contributed by atoms with van der Waals surface area (Å²) in [7, 11) is 0. The highest BCUT2D eigenvalue weighted by Crippen LogP contribution is 2.21. The van der Waals surface area contributed by atoms with Crippen LogP contribution in [0.3, 0.4) is 0 Å². The smallest absolute Gasteiger partial charge is 0.320 e. The van der Waals surface area contributed by atoms with Gasteiger partial charge in [0.15, 0.2) is 5.78 Å². The van der Waals surface area contributed by atoms with E-state index in [0.717, 1.165) is 12.0 Å². The number of hydrogen-bond acceptors (Lipinski definition) is 4. The Balaban J connectivity index is 0.00000441. The first-order valence-electron chi connectivity index (χ1n) is 7.22. The van der Waals surface area contributed by atoms with E-state index in [0.29, 0.717) is 30.9 Å². The summed E-state index contributed by atoms with van der Waals surface area (Å²) in [6.45, 7) is 6.20. The van der Waals surface area contributed by atoms with Crippen LogP contribution in [0.15, 0.2) is 18.2 Å². The summed E-state index contributed by atoms with van der Waals surface area (Å²) in [6.07, 6.45) is 1.35. The van der Waals surface area contributed by atoms with Gasteiger partial charge < -0.3 is 15.2 Å². The molecule has 0 saturated heterocycles. The maximum absolute atomic E-state index is 11.5. The van der Waals surface area contributed by atoms with Gasteiger partial charge in [-0.1, -0.05) is 13.3 Å². The number of carboxylic acids is 1. The summed E-state index contributed by atoms with van der Waals surface area (Å²) in [5.41, 5.74) is 1.39. The number of rotatable bonds is 9. The van der Waals surface area contributed by atoms with E-state index in [1.807, 2.05) is 13.8 Å². The molecule has 0 amide bonds. The van der Waals surface area contributed by atoms with E-state index in [2.05, 4.69) is 5.32 Å². The van der Waals surface area contributed by atoms with E-state index in [4.69, 9.17) is 9.84 Å². The molecule has 1 aromatic carbocycles. The van der Waals surface area contributed by atoms with E-state index in [1.165, 1.54) is 6.92 Å². The molecule has 22 heavy (non-hydrogen) atoms. The van der Waals surface area contributed by atoms with Crippen molar-refractivity contribution in [2.75, 3.05) is 6.61 Å². The zero-order valence-corrected chi connectivity index (χ0v) is 14.0. The predicted molar refractivity (Wildman–Crippen MR) is 88.0 cm³/mol. The third kappa shape index (κ3) is 6.03. The molecule has 0 aliphatic heterocycles. The Morgan fingerprint density at radius 3 is 2.50 bits per heavy atom. The molecule has 124 valence electrons. The minimum absolute atomic E-state index is 0. The molecule has 0 heterocycles. The highest BCUT2D eigenvalue weighted by atomic mass is 35.5. The molecule has 0 saturated carbocycles. The number of nitrogens with one attached hydrogen (secondary N) is 1. The van der Waals surface area contributed by atoms with Crippen LogP contribution in [0, 0.1) is 0 Å². The fraction of sp³-hybridized carbons (Fsp3) is 0.500. The lowest BCUT2D eigenvalue weighted by atomic mass is 10.1. The molecule has 1 rings (SSSR count). The van der Waals surface area contributed by atoms with Crippen molar-refractivity contribution in [1.29, 1.82) is 0 Å². The van der Waals surface area contributed by atoms with Gasteiger partial charge in [-0.05, 0) is 38.5 Å². The summed E-state index contributed by atoms with van der Waals surface area (Å²) in [5.74, 6) is -0.212. The zero-order chi connectivity index (χ0) is 15.8. The second-order valence-corrected chi connectivity index (χ2v) is 4.87. The Labute approximate surface area is 137 Å². The number of carbonyl (C=O) groups is 2. The van der Waals surface area contributed by atoms with Crippen LogP contribution in [0.25, 0.3) is 0 Å². The highest BCUT2D eigenvalue weighted by Gasteiger charge is 2.16. The number of hydrogen-bond donors (Lipinski definition) is 2. The maximum Gasteiger partial charge on any atom is 0.320 e. The standard InChI is InChI=1S/C16H23NO4.ClH/c1-4-6-14(16(19)20)17-10-13-9-12(11(3)18)7-8-15(13)21-5-2;/h7-9,14,17H,4-6,10H2,1-3H3,(H,19,20);1H. The van der Waals surface area contributed by atoms with Gasteiger partial charge in [0, 0.05) is 17.7 Å². The van der Waals surface area contributed by atoms with Crippen molar-refractivity contribution in [2.45, 2.75) is 46.2 Å². The van der Waals surface area contributed by atoms with Crippen LogP contribution in [0.4, 0.5) is 0 Å². The first kappa shape index (κ1) is 20.4. The quantitative estimate of drug-likeness (QED) is 0.681. The second-order valence-electron chi connectivity index (χ2n) is 4.87. The number of carboxylic acid groups (broad SMARTS) is 1. The molecule has 0 aliphatic rings. The molecule has 5 nitrogen and oxygen atoms in total. The van der Waals surface area contributed by atoms with Gasteiger partial charge in [-0.2, -0.15) is 0 Å². The summed E-state index contributed by atoms with van der Waals surface area (Å²) in [6, 6.07) is 4.64. The topological polar surface area (TPSA) is 75.6 Å². The Morgan fingerprint density at radius 1 is 1.32 bits per heavy atom. The van der Waals surface area contributed by atoms with Crippen molar-refractivity contribution in [3.05, 3.63) is 29.3 Å². The Hall–Kier alpha value is -1.59. The van der Waals surface area contributed by atoms with Crippen molar-refractivity contribution in [3.8, 4) is 5.75 Å². The maximum atomic E-state index is 11.5. The van der Waals surface area contributed by atoms with Crippen molar-refractivity contribution in [3.63, 3.8) is 0 Å². The molecule has 2 N–H and O–H groups in total. The number of Topliss-reactive ketones (excluding diaryl/α,β-unsaturated/α-hetero) is 1. The zero-order valence-electron chi connectivity index (χ0n) is 13.2. The lowest BCUT2D eigenvalue weighted by Gasteiger charge is -2.16. The number of ketones is 1. The average Bonchev–Trinajstić information content (AvgIpc) is 2.44. The third-order valence-electron chi connectivity index (χ3n) is 3.18. The molecule has 0 aliphatic carbocycles. The van der Waals surface area contributed by atoms with Gasteiger partial charge in [0.25, 0.3) is 0 Å². The van der Waals surface area contributed by atoms with Gasteiger partial charge in [0.05, 0.1) is 6.61 Å². The molecule has 6 heteroatoms. The molecule has 0 fully saturated rings. The Kier molecular flexibility index (Phi) is 9.45. The first-order valence-corrected chi connectivity index (χ1v) is 7.22. The Bertz CT molecular complexity index is 505.